The predicted octanol–water partition coefficient (Wildman–Crippen LogP) is 1.15. The number of sulfonamides is 1. The Morgan fingerprint density at radius 2 is 1.94 bits per heavy atom. The Hall–Kier alpha value is -1.98. The third-order valence-electron chi connectivity index (χ3n) is 1.97. The number of hydrogen-bond acceptors (Lipinski definition) is 4. The molecule has 0 spiro atoms. The number of hydrogen-bond donors (Lipinski definition) is 0. The summed E-state index contributed by atoms with van der Waals surface area (Å²) in [5.41, 5.74) is 0. The van der Waals surface area contributed by atoms with Crippen molar-refractivity contribution >= 4 is 22.1 Å². The highest BCUT2D eigenvalue weighted by Crippen LogP contribution is 2.15. The molecule has 0 aliphatic rings. The normalized spacial score (nSPS) is 10.4. The monoisotopic (exact) mass is 254 g/mol. The van der Waals surface area contributed by atoms with Crippen LogP contribution in [0.4, 0.5) is 4.79 Å². The number of urea groups is 1. The van der Waals surface area contributed by atoms with Gasteiger partial charge in [0.25, 0.3) is 10.0 Å². The van der Waals surface area contributed by atoms with Gasteiger partial charge >= 0.3 is 6.03 Å². The van der Waals surface area contributed by atoms with E-state index in [1.165, 1.54) is 31.2 Å². The number of aliphatic imine (C=N–C) groups is 1. The first-order valence-corrected chi connectivity index (χ1v) is 6.17. The molecule has 0 unspecified atom stereocenters. The standard InChI is InChI=1S/C10H10N2O4S/c1-2-12(10(14)11-8-13)17(15,16)9-6-4-3-5-7-9/h3-7H,2H2,1H3. The molecule has 2 amide bonds. The van der Waals surface area contributed by atoms with Crippen LogP contribution in [-0.4, -0.2) is 31.4 Å². The third-order valence-corrected chi connectivity index (χ3v) is 3.84. The zero-order chi connectivity index (χ0) is 12.9. The van der Waals surface area contributed by atoms with Gasteiger partial charge in [-0.15, -0.1) is 4.99 Å². The van der Waals surface area contributed by atoms with Crippen LogP contribution >= 0.6 is 0 Å². The van der Waals surface area contributed by atoms with E-state index in [2.05, 4.69) is 4.99 Å². The van der Waals surface area contributed by atoms with E-state index in [-0.39, 0.29) is 11.4 Å². The fourth-order valence-electron chi connectivity index (χ4n) is 1.22. The average molecular weight is 254 g/mol. The van der Waals surface area contributed by atoms with Crippen molar-refractivity contribution in [2.24, 2.45) is 4.99 Å². The van der Waals surface area contributed by atoms with Gasteiger partial charge in [-0.05, 0) is 19.1 Å². The second-order valence-corrected chi connectivity index (χ2v) is 4.83. The van der Waals surface area contributed by atoms with Gasteiger partial charge in [-0.1, -0.05) is 18.2 Å². The molecule has 0 radical (unpaired) electrons. The van der Waals surface area contributed by atoms with Crippen LogP contribution in [0.25, 0.3) is 0 Å². The second kappa shape index (κ2) is 5.38. The molecule has 0 bridgehead atoms. The first kappa shape index (κ1) is 13.1. The summed E-state index contributed by atoms with van der Waals surface area (Å²) in [7, 11) is -3.96. The molecule has 0 heterocycles. The number of isocyanates is 1. The lowest BCUT2D eigenvalue weighted by molar-refractivity contribution is 0.233. The Balaban J connectivity index is 3.21. The first-order valence-electron chi connectivity index (χ1n) is 4.73. The van der Waals surface area contributed by atoms with Crippen molar-refractivity contribution in [2.75, 3.05) is 6.54 Å². The van der Waals surface area contributed by atoms with Crippen molar-refractivity contribution < 1.29 is 18.0 Å². The fraction of sp³-hybridized carbons (Fsp3) is 0.200. The van der Waals surface area contributed by atoms with Crippen molar-refractivity contribution in [3.05, 3.63) is 30.3 Å². The summed E-state index contributed by atoms with van der Waals surface area (Å²) in [5, 5.41) is 0. The molecule has 6 nitrogen and oxygen atoms in total. The molecule has 1 rings (SSSR count). The van der Waals surface area contributed by atoms with Gasteiger partial charge in [-0.3, -0.25) is 0 Å². The molecule has 0 atom stereocenters. The average Bonchev–Trinajstić information content (AvgIpc) is 2.31. The summed E-state index contributed by atoms with van der Waals surface area (Å²) in [6, 6.07) is 6.29. The van der Waals surface area contributed by atoms with Crippen LogP contribution in [0.15, 0.2) is 40.2 Å². The Labute approximate surface area is 98.6 Å². The molecule has 0 fully saturated rings. The largest absolute Gasteiger partial charge is 0.368 e. The number of amides is 2. The molecular weight excluding hydrogens is 244 g/mol. The van der Waals surface area contributed by atoms with Gasteiger partial charge in [-0.25, -0.2) is 22.3 Å². The maximum Gasteiger partial charge on any atom is 0.368 e. The van der Waals surface area contributed by atoms with Crippen LogP contribution in [0.3, 0.4) is 0 Å². The highest BCUT2D eigenvalue weighted by molar-refractivity contribution is 7.89. The Bertz CT molecular complexity index is 547. The molecule has 0 saturated carbocycles. The maximum atomic E-state index is 12.0. The first-order chi connectivity index (χ1) is 8.04. The number of carbonyl (C=O) groups excluding carboxylic acids is 2. The molecule has 0 N–H and O–H groups in total. The molecule has 90 valence electrons. The summed E-state index contributed by atoms with van der Waals surface area (Å²) in [6.07, 6.45) is 1.03. The Morgan fingerprint density at radius 1 is 1.35 bits per heavy atom. The highest BCUT2D eigenvalue weighted by atomic mass is 32.2. The van der Waals surface area contributed by atoms with Crippen molar-refractivity contribution in [2.45, 2.75) is 11.8 Å². The SMILES string of the molecule is CCN(C(=O)N=C=O)S(=O)(=O)c1ccccc1. The topological polar surface area (TPSA) is 83.9 Å². The van der Waals surface area contributed by atoms with E-state index in [0.717, 1.165) is 6.08 Å². The summed E-state index contributed by atoms with van der Waals surface area (Å²) < 4.78 is 24.5. The van der Waals surface area contributed by atoms with Crippen molar-refractivity contribution in [1.29, 1.82) is 0 Å². The second-order valence-electron chi connectivity index (χ2n) is 2.97. The van der Waals surface area contributed by atoms with Crippen LogP contribution in [0.2, 0.25) is 0 Å². The van der Waals surface area contributed by atoms with Crippen molar-refractivity contribution in [3.8, 4) is 0 Å². The van der Waals surface area contributed by atoms with Crippen LogP contribution in [0.5, 0.6) is 0 Å². The predicted molar refractivity (Wildman–Crippen MR) is 59.5 cm³/mol. The van der Waals surface area contributed by atoms with E-state index < -0.39 is 16.1 Å². The smallest absolute Gasteiger partial charge is 0.244 e. The molecule has 17 heavy (non-hydrogen) atoms. The van der Waals surface area contributed by atoms with Crippen LogP contribution in [0, 0.1) is 0 Å². The third kappa shape index (κ3) is 2.77. The zero-order valence-corrected chi connectivity index (χ0v) is 9.85. The van der Waals surface area contributed by atoms with E-state index in [0.29, 0.717) is 4.31 Å². The molecule has 1 aromatic carbocycles. The maximum absolute atomic E-state index is 12.0. The van der Waals surface area contributed by atoms with Gasteiger partial charge in [0.1, 0.15) is 0 Å². The van der Waals surface area contributed by atoms with E-state index >= 15 is 0 Å². The minimum Gasteiger partial charge on any atom is -0.244 e. The van der Waals surface area contributed by atoms with Crippen LogP contribution < -0.4 is 0 Å². The minimum atomic E-state index is -3.96. The van der Waals surface area contributed by atoms with Crippen molar-refractivity contribution in [1.82, 2.24) is 4.31 Å². The van der Waals surface area contributed by atoms with E-state index in [1.807, 2.05) is 0 Å². The molecule has 0 aliphatic heterocycles. The fourth-order valence-corrected chi connectivity index (χ4v) is 2.56. The van der Waals surface area contributed by atoms with Gasteiger partial charge in [0, 0.05) is 6.54 Å². The van der Waals surface area contributed by atoms with E-state index in [4.69, 9.17) is 0 Å². The van der Waals surface area contributed by atoms with Gasteiger partial charge < -0.3 is 0 Å². The lowest BCUT2D eigenvalue weighted by Gasteiger charge is -2.17. The number of benzene rings is 1. The quantitative estimate of drug-likeness (QED) is 0.598. The number of rotatable bonds is 3. The molecule has 0 aromatic heterocycles. The lowest BCUT2D eigenvalue weighted by atomic mass is 10.4. The lowest BCUT2D eigenvalue weighted by Crippen LogP contribution is -2.34. The number of nitrogens with zero attached hydrogens (tertiary/aromatic N) is 2. The van der Waals surface area contributed by atoms with Gasteiger partial charge in [-0.2, -0.15) is 0 Å². The molecule has 0 aliphatic carbocycles. The van der Waals surface area contributed by atoms with E-state index in [9.17, 15) is 18.0 Å². The van der Waals surface area contributed by atoms with Gasteiger partial charge in [0.05, 0.1) is 4.90 Å². The molecule has 7 heteroatoms. The highest BCUT2D eigenvalue weighted by Gasteiger charge is 2.27. The number of carbonyl (C=O) groups is 1. The molecule has 0 saturated heterocycles. The Morgan fingerprint density at radius 3 is 2.41 bits per heavy atom. The Kier molecular flexibility index (Phi) is 4.14. The van der Waals surface area contributed by atoms with Crippen molar-refractivity contribution in [3.63, 3.8) is 0 Å². The zero-order valence-electron chi connectivity index (χ0n) is 9.03. The minimum absolute atomic E-state index is 0.0312. The summed E-state index contributed by atoms with van der Waals surface area (Å²) in [6.45, 7) is 1.36. The van der Waals surface area contributed by atoms with Crippen LogP contribution in [0.1, 0.15) is 6.92 Å². The summed E-state index contributed by atoms with van der Waals surface area (Å²) in [4.78, 5) is 24.0. The summed E-state index contributed by atoms with van der Waals surface area (Å²) in [5.74, 6) is 0. The van der Waals surface area contributed by atoms with Gasteiger partial charge in [0.2, 0.25) is 6.08 Å². The van der Waals surface area contributed by atoms with E-state index in [1.54, 1.807) is 6.07 Å². The molecular formula is C10H10N2O4S. The summed E-state index contributed by atoms with van der Waals surface area (Å²) >= 11 is 0. The molecule has 1 aromatic rings. The van der Waals surface area contributed by atoms with Crippen LogP contribution in [-0.2, 0) is 14.8 Å². The van der Waals surface area contributed by atoms with Gasteiger partial charge in [0.15, 0.2) is 0 Å².